The van der Waals surface area contributed by atoms with Crippen LogP contribution in [0, 0.1) is 0 Å². The maximum Gasteiger partial charge on any atom is 0.305 e. The number of carboxylic acid groups (broad SMARTS) is 1. The summed E-state index contributed by atoms with van der Waals surface area (Å²) in [5.74, 6) is -1.29. The maximum absolute atomic E-state index is 11.9. The fourth-order valence-corrected chi connectivity index (χ4v) is 2.00. The van der Waals surface area contributed by atoms with E-state index >= 15 is 0 Å². The summed E-state index contributed by atoms with van der Waals surface area (Å²) >= 11 is 3.32. The van der Waals surface area contributed by atoms with E-state index in [2.05, 4.69) is 21.2 Å². The van der Waals surface area contributed by atoms with Gasteiger partial charge in [-0.05, 0) is 31.5 Å². The minimum Gasteiger partial charge on any atom is -0.481 e. The molecule has 110 valence electrons. The third-order valence-electron chi connectivity index (χ3n) is 2.75. The number of rotatable bonds is 7. The molecule has 1 aromatic carbocycles. The Hall–Kier alpha value is -1.40. The first-order chi connectivity index (χ1) is 9.43. The van der Waals surface area contributed by atoms with E-state index in [9.17, 15) is 9.59 Å². The highest BCUT2D eigenvalue weighted by molar-refractivity contribution is 9.10. The Bertz CT molecular complexity index is 461. The number of carbonyl (C=O) groups is 2. The third kappa shape index (κ3) is 5.30. The minimum absolute atomic E-state index is 0.174. The maximum atomic E-state index is 11.9. The second-order valence-corrected chi connectivity index (χ2v) is 5.22. The molecule has 0 saturated carbocycles. The summed E-state index contributed by atoms with van der Waals surface area (Å²) in [6, 6.07) is 6.60. The topological polar surface area (TPSA) is 75.6 Å². The Morgan fingerprint density at radius 1 is 1.35 bits per heavy atom. The molecule has 0 fully saturated rings. The zero-order chi connectivity index (χ0) is 15.1. The van der Waals surface area contributed by atoms with Gasteiger partial charge in [-0.25, -0.2) is 0 Å². The Morgan fingerprint density at radius 3 is 2.45 bits per heavy atom. The predicted molar refractivity (Wildman–Crippen MR) is 78.4 cm³/mol. The molecule has 0 radical (unpaired) electrons. The van der Waals surface area contributed by atoms with E-state index < -0.39 is 18.1 Å². The van der Waals surface area contributed by atoms with Crippen molar-refractivity contribution in [2.75, 3.05) is 6.61 Å². The Morgan fingerprint density at radius 2 is 1.95 bits per heavy atom. The number of hydrogen-bond donors (Lipinski definition) is 2. The van der Waals surface area contributed by atoms with Crippen LogP contribution in [-0.2, 0) is 14.3 Å². The van der Waals surface area contributed by atoms with Crippen LogP contribution in [0.5, 0.6) is 0 Å². The number of nitrogens with one attached hydrogen (secondary N) is 1. The number of aliphatic carboxylic acids is 1. The zero-order valence-corrected chi connectivity index (χ0v) is 13.0. The molecule has 0 spiro atoms. The molecule has 1 rings (SSSR count). The van der Waals surface area contributed by atoms with Gasteiger partial charge < -0.3 is 15.2 Å². The summed E-state index contributed by atoms with van der Waals surface area (Å²) in [4.78, 5) is 22.9. The second kappa shape index (κ2) is 8.01. The first-order valence-electron chi connectivity index (χ1n) is 6.33. The summed E-state index contributed by atoms with van der Waals surface area (Å²) in [6.07, 6.45) is -0.779. The van der Waals surface area contributed by atoms with Crippen LogP contribution in [0.15, 0.2) is 28.7 Å². The van der Waals surface area contributed by atoms with Crippen molar-refractivity contribution in [3.05, 3.63) is 34.3 Å². The lowest BCUT2D eigenvalue weighted by Crippen LogP contribution is -2.38. The molecule has 0 saturated heterocycles. The number of carboxylic acids is 1. The van der Waals surface area contributed by atoms with Gasteiger partial charge in [-0.15, -0.1) is 0 Å². The quantitative estimate of drug-likeness (QED) is 0.797. The summed E-state index contributed by atoms with van der Waals surface area (Å²) in [7, 11) is 0. The fourth-order valence-electron chi connectivity index (χ4n) is 1.74. The van der Waals surface area contributed by atoms with Gasteiger partial charge >= 0.3 is 5.97 Å². The molecule has 2 atom stereocenters. The van der Waals surface area contributed by atoms with Crippen molar-refractivity contribution in [3.63, 3.8) is 0 Å². The van der Waals surface area contributed by atoms with Crippen LogP contribution in [-0.4, -0.2) is 29.7 Å². The highest BCUT2D eigenvalue weighted by Gasteiger charge is 2.21. The number of hydrogen-bond acceptors (Lipinski definition) is 3. The number of ether oxygens (including phenoxy) is 1. The molecule has 5 nitrogen and oxygen atoms in total. The monoisotopic (exact) mass is 343 g/mol. The highest BCUT2D eigenvalue weighted by Crippen LogP contribution is 2.20. The molecule has 20 heavy (non-hydrogen) atoms. The van der Waals surface area contributed by atoms with Crippen LogP contribution < -0.4 is 5.32 Å². The molecule has 1 amide bonds. The SMILES string of the molecule is CCO[C@@H](C)C(=O)N[C@H](CC(=O)O)c1ccc(Br)cc1. The van der Waals surface area contributed by atoms with Crippen molar-refractivity contribution in [1.29, 1.82) is 0 Å². The normalized spacial score (nSPS) is 13.6. The van der Waals surface area contributed by atoms with Gasteiger partial charge in [0.15, 0.2) is 0 Å². The van der Waals surface area contributed by atoms with Crippen molar-refractivity contribution < 1.29 is 19.4 Å². The van der Waals surface area contributed by atoms with Crippen LogP contribution >= 0.6 is 15.9 Å². The van der Waals surface area contributed by atoms with Gasteiger partial charge in [-0.3, -0.25) is 9.59 Å². The molecule has 0 aliphatic heterocycles. The molecule has 0 unspecified atom stereocenters. The fraction of sp³-hybridized carbons (Fsp3) is 0.429. The number of halogens is 1. The summed E-state index contributed by atoms with van der Waals surface area (Å²) in [5, 5.41) is 11.7. The van der Waals surface area contributed by atoms with Crippen molar-refractivity contribution in [2.24, 2.45) is 0 Å². The largest absolute Gasteiger partial charge is 0.481 e. The molecule has 2 N–H and O–H groups in total. The van der Waals surface area contributed by atoms with Crippen LogP contribution in [0.25, 0.3) is 0 Å². The zero-order valence-electron chi connectivity index (χ0n) is 11.4. The van der Waals surface area contributed by atoms with Gasteiger partial charge in [0.1, 0.15) is 6.10 Å². The average Bonchev–Trinajstić information content (AvgIpc) is 2.38. The standard InChI is InChI=1S/C14H18BrNO4/c1-3-20-9(2)14(19)16-12(8-13(17)18)10-4-6-11(15)7-5-10/h4-7,9,12H,3,8H2,1-2H3,(H,16,19)(H,17,18)/t9-,12+/m0/s1. The van der Waals surface area contributed by atoms with Gasteiger partial charge in [0.2, 0.25) is 5.91 Å². The van der Waals surface area contributed by atoms with E-state index in [-0.39, 0.29) is 12.3 Å². The minimum atomic E-state index is -0.970. The van der Waals surface area contributed by atoms with Crippen molar-refractivity contribution in [1.82, 2.24) is 5.32 Å². The van der Waals surface area contributed by atoms with Gasteiger partial charge in [0.05, 0.1) is 12.5 Å². The lowest BCUT2D eigenvalue weighted by Gasteiger charge is -2.20. The molecule has 0 aromatic heterocycles. The van der Waals surface area contributed by atoms with Gasteiger partial charge in [0, 0.05) is 11.1 Å². The molecule has 0 aliphatic carbocycles. The summed E-state index contributed by atoms with van der Waals surface area (Å²) in [6.45, 7) is 3.86. The number of benzene rings is 1. The van der Waals surface area contributed by atoms with Crippen molar-refractivity contribution >= 4 is 27.8 Å². The Balaban J connectivity index is 2.81. The van der Waals surface area contributed by atoms with Crippen molar-refractivity contribution in [3.8, 4) is 0 Å². The average molecular weight is 344 g/mol. The van der Waals surface area contributed by atoms with Crippen LogP contribution in [0.4, 0.5) is 0 Å². The molecule has 0 aliphatic rings. The van der Waals surface area contributed by atoms with E-state index in [0.717, 1.165) is 10.0 Å². The smallest absolute Gasteiger partial charge is 0.305 e. The molecule has 0 bridgehead atoms. The number of amides is 1. The van der Waals surface area contributed by atoms with E-state index in [1.165, 1.54) is 0 Å². The molecular weight excluding hydrogens is 326 g/mol. The van der Waals surface area contributed by atoms with Gasteiger partial charge in [0.25, 0.3) is 0 Å². The van der Waals surface area contributed by atoms with E-state index in [4.69, 9.17) is 9.84 Å². The lowest BCUT2D eigenvalue weighted by molar-refractivity contribution is -0.138. The molecular formula is C14H18BrNO4. The number of carbonyl (C=O) groups excluding carboxylic acids is 1. The first-order valence-corrected chi connectivity index (χ1v) is 7.12. The third-order valence-corrected chi connectivity index (χ3v) is 3.28. The van der Waals surface area contributed by atoms with Crippen LogP contribution in [0.1, 0.15) is 31.9 Å². The highest BCUT2D eigenvalue weighted by atomic mass is 79.9. The molecule has 6 heteroatoms. The van der Waals surface area contributed by atoms with E-state index in [1.54, 1.807) is 26.0 Å². The van der Waals surface area contributed by atoms with E-state index in [1.807, 2.05) is 12.1 Å². The van der Waals surface area contributed by atoms with Gasteiger partial charge in [-0.2, -0.15) is 0 Å². The Labute approximate surface area is 126 Å². The summed E-state index contributed by atoms with van der Waals surface area (Å²) in [5.41, 5.74) is 0.743. The van der Waals surface area contributed by atoms with Crippen LogP contribution in [0.2, 0.25) is 0 Å². The Kier molecular flexibility index (Phi) is 6.67. The van der Waals surface area contributed by atoms with Gasteiger partial charge in [-0.1, -0.05) is 28.1 Å². The summed E-state index contributed by atoms with van der Waals surface area (Å²) < 4.78 is 6.09. The predicted octanol–water partition coefficient (Wildman–Crippen LogP) is 2.51. The first kappa shape index (κ1) is 16.7. The van der Waals surface area contributed by atoms with Crippen molar-refractivity contribution in [2.45, 2.75) is 32.4 Å². The second-order valence-electron chi connectivity index (χ2n) is 4.31. The van der Waals surface area contributed by atoms with E-state index in [0.29, 0.717) is 6.61 Å². The molecule has 1 aromatic rings. The lowest BCUT2D eigenvalue weighted by atomic mass is 10.0. The molecule has 0 heterocycles. The van der Waals surface area contributed by atoms with Crippen LogP contribution in [0.3, 0.4) is 0 Å².